The fourth-order valence-electron chi connectivity index (χ4n) is 8.36. The van der Waals surface area contributed by atoms with Gasteiger partial charge < -0.3 is 9.32 Å². The van der Waals surface area contributed by atoms with Crippen LogP contribution in [0.15, 0.2) is 205 Å². The molecule has 0 aliphatic heterocycles. The molecule has 0 saturated carbocycles. The molecule has 0 spiro atoms. The number of hydrogen-bond donors (Lipinski definition) is 0. The summed E-state index contributed by atoms with van der Waals surface area (Å²) in [5.74, 6) is 0. The third-order valence-electron chi connectivity index (χ3n) is 10.9. The highest BCUT2D eigenvalue weighted by atomic mass is 32.1. The van der Waals surface area contributed by atoms with Crippen LogP contribution in [0.2, 0.25) is 0 Å². The molecule has 2 nitrogen and oxygen atoms in total. The van der Waals surface area contributed by atoms with Gasteiger partial charge in [0.05, 0.1) is 11.1 Å². The van der Waals surface area contributed by atoms with E-state index >= 15 is 0 Å². The van der Waals surface area contributed by atoms with Crippen molar-refractivity contribution in [3.63, 3.8) is 0 Å². The minimum atomic E-state index is 0.873. The first kappa shape index (κ1) is 31.6. The number of benzene rings is 9. The molecule has 0 saturated heterocycles. The van der Waals surface area contributed by atoms with Gasteiger partial charge in [-0.25, -0.2) is 0 Å². The van der Waals surface area contributed by atoms with Gasteiger partial charge in [0.15, 0.2) is 0 Å². The van der Waals surface area contributed by atoms with Gasteiger partial charge in [0.1, 0.15) is 11.2 Å². The fraction of sp³-hybridized carbons (Fsp3) is 0. The van der Waals surface area contributed by atoms with Gasteiger partial charge in [-0.15, -0.1) is 11.3 Å². The summed E-state index contributed by atoms with van der Waals surface area (Å²) in [6.07, 6.45) is 0. The first-order chi connectivity index (χ1) is 27.3. The molecule has 0 fully saturated rings. The number of hydrogen-bond acceptors (Lipinski definition) is 3. The Morgan fingerprint density at radius 2 is 0.909 bits per heavy atom. The normalized spacial score (nSPS) is 11.6. The average Bonchev–Trinajstić information content (AvgIpc) is 3.83. The van der Waals surface area contributed by atoms with Crippen LogP contribution in [0.25, 0.3) is 86.3 Å². The topological polar surface area (TPSA) is 16.4 Å². The molecule has 2 heterocycles. The zero-order valence-electron chi connectivity index (χ0n) is 29.8. The molecule has 0 atom stereocenters. The molecular weight excluding hydrogens is 687 g/mol. The van der Waals surface area contributed by atoms with Crippen molar-refractivity contribution < 1.29 is 4.42 Å². The van der Waals surface area contributed by atoms with Crippen LogP contribution < -0.4 is 4.90 Å². The van der Waals surface area contributed by atoms with Gasteiger partial charge in [0.25, 0.3) is 0 Å². The van der Waals surface area contributed by atoms with E-state index in [1.165, 1.54) is 64.3 Å². The van der Waals surface area contributed by atoms with Crippen LogP contribution in [0.5, 0.6) is 0 Å². The van der Waals surface area contributed by atoms with Crippen molar-refractivity contribution in [2.75, 3.05) is 4.90 Å². The highest BCUT2D eigenvalue weighted by Gasteiger charge is 2.20. The third-order valence-corrected chi connectivity index (χ3v) is 12.1. The van der Waals surface area contributed by atoms with E-state index < -0.39 is 0 Å². The van der Waals surface area contributed by atoms with Crippen LogP contribution in [0, 0.1) is 0 Å². The molecule has 11 rings (SSSR count). The van der Waals surface area contributed by atoms with Crippen LogP contribution >= 0.6 is 11.3 Å². The molecule has 0 aliphatic rings. The summed E-state index contributed by atoms with van der Waals surface area (Å²) in [7, 11) is 0. The summed E-state index contributed by atoms with van der Waals surface area (Å²) in [6, 6.07) is 72.1. The number of para-hydroxylation sites is 1. The van der Waals surface area contributed by atoms with Crippen molar-refractivity contribution in [3.8, 4) is 33.4 Å². The Labute approximate surface area is 322 Å². The van der Waals surface area contributed by atoms with Crippen molar-refractivity contribution in [3.05, 3.63) is 200 Å². The van der Waals surface area contributed by atoms with E-state index in [1.807, 2.05) is 17.4 Å². The Morgan fingerprint density at radius 1 is 0.364 bits per heavy atom. The zero-order valence-corrected chi connectivity index (χ0v) is 30.6. The van der Waals surface area contributed by atoms with Crippen LogP contribution in [0.1, 0.15) is 0 Å². The van der Waals surface area contributed by atoms with Gasteiger partial charge in [-0.05, 0) is 92.7 Å². The van der Waals surface area contributed by atoms with Crippen molar-refractivity contribution in [2.24, 2.45) is 0 Å². The third kappa shape index (κ3) is 5.24. The summed E-state index contributed by atoms with van der Waals surface area (Å²) in [4.78, 5) is 2.37. The lowest BCUT2D eigenvalue weighted by Gasteiger charge is -2.27. The van der Waals surface area contributed by atoms with E-state index in [1.54, 1.807) is 0 Å². The molecule has 0 amide bonds. The molecule has 3 heteroatoms. The Morgan fingerprint density at radius 3 is 1.65 bits per heavy atom. The summed E-state index contributed by atoms with van der Waals surface area (Å²) in [6.45, 7) is 0. The molecule has 55 heavy (non-hydrogen) atoms. The van der Waals surface area contributed by atoms with Crippen LogP contribution in [0.3, 0.4) is 0 Å². The molecule has 0 radical (unpaired) electrons. The number of nitrogens with zero attached hydrogens (tertiary/aromatic N) is 1. The lowest BCUT2D eigenvalue weighted by Crippen LogP contribution is -2.10. The fourth-order valence-corrected chi connectivity index (χ4v) is 9.60. The summed E-state index contributed by atoms with van der Waals surface area (Å²) < 4.78 is 9.04. The number of furan rings is 1. The van der Waals surface area contributed by atoms with Gasteiger partial charge >= 0.3 is 0 Å². The number of thiophene rings is 1. The van der Waals surface area contributed by atoms with E-state index in [4.69, 9.17) is 4.42 Å². The standard InChI is InChI=1S/C52H33NOS/c1-2-12-34(13-3-1)40-18-8-14-37-15-9-19-41(50(37)40)35-26-30-38(31-27-35)53(46-22-11-24-48-51(46)45-17-4-6-23-47(45)54-48)39-32-28-36(29-33-39)42-20-10-21-44-43-16-5-7-25-49(43)55-52(42)44/h1-33H. The Bertz CT molecular complexity index is 3190. The first-order valence-corrected chi connectivity index (χ1v) is 19.5. The second kappa shape index (κ2) is 12.9. The quantitative estimate of drug-likeness (QED) is 0.170. The maximum Gasteiger partial charge on any atom is 0.137 e. The molecule has 0 unspecified atom stereocenters. The monoisotopic (exact) mass is 719 g/mol. The van der Waals surface area contributed by atoms with E-state index in [2.05, 4.69) is 199 Å². The first-order valence-electron chi connectivity index (χ1n) is 18.7. The number of fused-ring (bicyclic) bond motifs is 7. The van der Waals surface area contributed by atoms with Gasteiger partial charge in [-0.1, -0.05) is 152 Å². The molecule has 0 N–H and O–H groups in total. The number of rotatable bonds is 6. The van der Waals surface area contributed by atoms with E-state index in [0.29, 0.717) is 0 Å². The maximum absolute atomic E-state index is 6.40. The van der Waals surface area contributed by atoms with E-state index in [9.17, 15) is 0 Å². The second-order valence-corrected chi connectivity index (χ2v) is 15.1. The van der Waals surface area contributed by atoms with Crippen molar-refractivity contribution in [1.82, 2.24) is 0 Å². The predicted molar refractivity (Wildman–Crippen MR) is 235 cm³/mol. The average molecular weight is 720 g/mol. The Kier molecular flexibility index (Phi) is 7.39. The Balaban J connectivity index is 1.06. The van der Waals surface area contributed by atoms with Gasteiger partial charge in [-0.3, -0.25) is 0 Å². The minimum absolute atomic E-state index is 0.873. The second-order valence-electron chi connectivity index (χ2n) is 14.0. The molecule has 11 aromatic rings. The highest BCUT2D eigenvalue weighted by Crippen LogP contribution is 2.45. The lowest BCUT2D eigenvalue weighted by atomic mass is 9.91. The van der Waals surface area contributed by atoms with Crippen molar-refractivity contribution in [1.29, 1.82) is 0 Å². The highest BCUT2D eigenvalue weighted by molar-refractivity contribution is 7.26. The lowest BCUT2D eigenvalue weighted by molar-refractivity contribution is 0.669. The van der Waals surface area contributed by atoms with E-state index in [0.717, 1.165) is 39.0 Å². The maximum atomic E-state index is 6.40. The Hall–Kier alpha value is -6.94. The largest absolute Gasteiger partial charge is 0.456 e. The van der Waals surface area contributed by atoms with Gasteiger partial charge in [-0.2, -0.15) is 0 Å². The molecule has 0 aliphatic carbocycles. The van der Waals surface area contributed by atoms with Gasteiger partial charge in [0, 0.05) is 36.9 Å². The summed E-state index contributed by atoms with van der Waals surface area (Å²) >= 11 is 1.87. The van der Waals surface area contributed by atoms with Crippen molar-refractivity contribution >= 4 is 81.3 Å². The zero-order chi connectivity index (χ0) is 36.3. The summed E-state index contributed by atoms with van der Waals surface area (Å²) in [5, 5.41) is 7.32. The molecule has 9 aromatic carbocycles. The van der Waals surface area contributed by atoms with E-state index in [-0.39, 0.29) is 0 Å². The summed E-state index contributed by atoms with van der Waals surface area (Å²) in [5.41, 5.74) is 12.3. The molecule has 258 valence electrons. The number of anilines is 3. The van der Waals surface area contributed by atoms with Crippen LogP contribution in [-0.4, -0.2) is 0 Å². The van der Waals surface area contributed by atoms with Gasteiger partial charge in [0.2, 0.25) is 0 Å². The molecular formula is C52H33NOS. The predicted octanol–water partition coefficient (Wildman–Crippen LogP) is 15.6. The molecule has 2 aromatic heterocycles. The molecule has 0 bridgehead atoms. The van der Waals surface area contributed by atoms with Crippen LogP contribution in [0.4, 0.5) is 17.1 Å². The SMILES string of the molecule is c1ccc(-c2cccc3cccc(-c4ccc(N(c5ccc(-c6cccc7c6sc6ccccc67)cc5)c5cccc6oc7ccccc7c56)cc4)c23)cc1. The van der Waals surface area contributed by atoms with Crippen molar-refractivity contribution in [2.45, 2.75) is 0 Å². The van der Waals surface area contributed by atoms with Crippen LogP contribution in [-0.2, 0) is 0 Å². The minimum Gasteiger partial charge on any atom is -0.456 e. The smallest absolute Gasteiger partial charge is 0.137 e.